The van der Waals surface area contributed by atoms with Crippen molar-refractivity contribution in [3.05, 3.63) is 52.2 Å². The van der Waals surface area contributed by atoms with Gasteiger partial charge in [0, 0.05) is 32.2 Å². The van der Waals surface area contributed by atoms with Gasteiger partial charge in [-0.05, 0) is 24.5 Å². The summed E-state index contributed by atoms with van der Waals surface area (Å²) in [6.07, 6.45) is -3.59. The predicted molar refractivity (Wildman–Crippen MR) is 111 cm³/mol. The normalized spacial score (nSPS) is 17.7. The number of nitrogens with one attached hydrogen (secondary N) is 1. The molecule has 0 unspecified atom stereocenters. The van der Waals surface area contributed by atoms with Gasteiger partial charge in [-0.1, -0.05) is 28.9 Å². The number of halogens is 5. The first kappa shape index (κ1) is 22.8. The Kier molecular flexibility index (Phi) is 5.59. The third kappa shape index (κ3) is 4.05. The topological polar surface area (TPSA) is 89.1 Å². The van der Waals surface area contributed by atoms with Crippen molar-refractivity contribution in [2.24, 2.45) is 0 Å². The summed E-state index contributed by atoms with van der Waals surface area (Å²) in [6.45, 7) is 1.39. The quantitative estimate of drug-likeness (QED) is 0.543. The number of benzene rings is 1. The van der Waals surface area contributed by atoms with Crippen molar-refractivity contribution in [2.45, 2.75) is 31.0 Å². The summed E-state index contributed by atoms with van der Waals surface area (Å²) < 4.78 is 60.8. The van der Waals surface area contributed by atoms with Crippen molar-refractivity contribution in [1.82, 2.24) is 30.1 Å². The van der Waals surface area contributed by atoms with Gasteiger partial charge in [-0.15, -0.1) is 0 Å². The number of carbonyl (C=O) groups excluding carboxylic acids is 1. The Bertz CT molecular complexity index is 1230. The number of piperazine rings is 1. The third-order valence-electron chi connectivity index (χ3n) is 6.12. The molecular formula is C21H19ClF4N6O2. The monoisotopic (exact) mass is 498 g/mol. The second-order valence-corrected chi connectivity index (χ2v) is 8.69. The van der Waals surface area contributed by atoms with Crippen molar-refractivity contribution < 1.29 is 26.9 Å². The fraction of sp³-hybridized carbons (Fsp3) is 0.429. The maximum absolute atomic E-state index is 14.0. The van der Waals surface area contributed by atoms with Gasteiger partial charge in [0.25, 0.3) is 5.89 Å². The molecule has 180 valence electrons. The molecule has 0 atom stereocenters. The smallest absolute Gasteiger partial charge is 0.339 e. The van der Waals surface area contributed by atoms with Crippen LogP contribution in [0.3, 0.4) is 0 Å². The first-order valence-corrected chi connectivity index (χ1v) is 11.0. The van der Waals surface area contributed by atoms with Gasteiger partial charge in [0.15, 0.2) is 11.5 Å². The molecule has 2 fully saturated rings. The molecule has 3 heterocycles. The highest BCUT2D eigenvalue weighted by atomic mass is 35.5. The molecule has 1 N–H and O–H groups in total. The van der Waals surface area contributed by atoms with E-state index in [1.807, 2.05) is 0 Å². The molecule has 1 saturated heterocycles. The van der Waals surface area contributed by atoms with E-state index in [9.17, 15) is 22.4 Å². The molecule has 8 nitrogen and oxygen atoms in total. The molecule has 3 aromatic rings. The molecule has 0 spiro atoms. The van der Waals surface area contributed by atoms with E-state index in [0.29, 0.717) is 49.3 Å². The first-order valence-electron chi connectivity index (χ1n) is 10.6. The fourth-order valence-electron chi connectivity index (χ4n) is 4.15. The van der Waals surface area contributed by atoms with Gasteiger partial charge >= 0.3 is 6.18 Å². The Hall–Kier alpha value is -2.99. The van der Waals surface area contributed by atoms with Gasteiger partial charge in [0.1, 0.15) is 18.1 Å². The average Bonchev–Trinajstić information content (AvgIpc) is 3.25. The van der Waals surface area contributed by atoms with E-state index in [4.69, 9.17) is 16.1 Å². The van der Waals surface area contributed by atoms with Crippen LogP contribution in [0.15, 0.2) is 28.8 Å². The molecule has 2 aliphatic rings. The summed E-state index contributed by atoms with van der Waals surface area (Å²) in [5.74, 6) is -1.09. The summed E-state index contributed by atoms with van der Waals surface area (Å²) in [4.78, 5) is 18.3. The molecular weight excluding hydrogens is 480 g/mol. The van der Waals surface area contributed by atoms with Crippen LogP contribution in [0.5, 0.6) is 0 Å². The van der Waals surface area contributed by atoms with Gasteiger partial charge in [-0.2, -0.15) is 23.3 Å². The molecule has 1 aliphatic heterocycles. The van der Waals surface area contributed by atoms with Crippen molar-refractivity contribution in [3.63, 3.8) is 0 Å². The van der Waals surface area contributed by atoms with Crippen LogP contribution in [0.2, 0.25) is 5.02 Å². The average molecular weight is 499 g/mol. The number of hydrogen-bond donors (Lipinski definition) is 1. The summed E-state index contributed by atoms with van der Waals surface area (Å²) >= 11 is 6.14. The Morgan fingerprint density at radius 1 is 1.24 bits per heavy atom. The van der Waals surface area contributed by atoms with Crippen molar-refractivity contribution in [1.29, 1.82) is 0 Å². The minimum absolute atomic E-state index is 0.0542. The van der Waals surface area contributed by atoms with Crippen molar-refractivity contribution in [3.8, 4) is 11.6 Å². The minimum Gasteiger partial charge on any atom is -0.339 e. The lowest BCUT2D eigenvalue weighted by Crippen LogP contribution is -2.47. The van der Waals surface area contributed by atoms with Crippen molar-refractivity contribution in [2.75, 3.05) is 26.2 Å². The zero-order valence-corrected chi connectivity index (χ0v) is 18.5. The number of nitrogens with zero attached hydrogens (tertiary/aromatic N) is 5. The molecule has 13 heteroatoms. The van der Waals surface area contributed by atoms with Gasteiger partial charge in [0.2, 0.25) is 5.91 Å². The zero-order valence-electron chi connectivity index (χ0n) is 17.7. The molecule has 0 radical (unpaired) electrons. The molecule has 1 aliphatic carbocycles. The van der Waals surface area contributed by atoms with Crippen LogP contribution in [-0.2, 0) is 22.9 Å². The van der Waals surface area contributed by atoms with Gasteiger partial charge in [-0.25, -0.2) is 4.39 Å². The van der Waals surface area contributed by atoms with Crippen LogP contribution in [0.1, 0.15) is 29.9 Å². The molecule has 2 aromatic heterocycles. The highest BCUT2D eigenvalue weighted by Gasteiger charge is 2.51. The van der Waals surface area contributed by atoms with Crippen LogP contribution in [0, 0.1) is 5.82 Å². The third-order valence-corrected chi connectivity index (χ3v) is 6.50. The molecule has 1 saturated carbocycles. The van der Waals surface area contributed by atoms with E-state index < -0.39 is 35.6 Å². The number of hydrogen-bond acceptors (Lipinski definition) is 6. The SMILES string of the molecule is O=C(Cn1nc(-c2nc(C3(c4cccc(F)c4Cl)CC3)no2)cc1C(F)(F)F)N1CCNCC1. The number of carbonyl (C=O) groups is 1. The predicted octanol–water partition coefficient (Wildman–Crippen LogP) is 3.26. The summed E-state index contributed by atoms with van der Waals surface area (Å²) in [5.41, 5.74) is -1.58. The van der Waals surface area contributed by atoms with Crippen LogP contribution in [0.4, 0.5) is 17.6 Å². The number of rotatable bonds is 5. The highest BCUT2D eigenvalue weighted by Crippen LogP contribution is 2.54. The molecule has 5 rings (SSSR count). The minimum atomic E-state index is -4.75. The van der Waals surface area contributed by atoms with Gasteiger partial charge in [-0.3, -0.25) is 9.48 Å². The van der Waals surface area contributed by atoms with Crippen LogP contribution in [-0.4, -0.2) is 56.9 Å². The van der Waals surface area contributed by atoms with E-state index in [1.54, 1.807) is 6.07 Å². The van der Waals surface area contributed by atoms with E-state index in [-0.39, 0.29) is 22.4 Å². The highest BCUT2D eigenvalue weighted by molar-refractivity contribution is 6.31. The fourth-order valence-corrected chi connectivity index (χ4v) is 4.45. The maximum atomic E-state index is 14.0. The Morgan fingerprint density at radius 2 is 1.97 bits per heavy atom. The van der Waals surface area contributed by atoms with E-state index >= 15 is 0 Å². The molecule has 0 bridgehead atoms. The van der Waals surface area contributed by atoms with E-state index in [1.165, 1.54) is 17.0 Å². The van der Waals surface area contributed by atoms with Gasteiger partial charge in [0.05, 0.1) is 10.4 Å². The Labute approximate surface area is 195 Å². The van der Waals surface area contributed by atoms with Crippen LogP contribution in [0.25, 0.3) is 11.6 Å². The van der Waals surface area contributed by atoms with Crippen LogP contribution >= 0.6 is 11.6 Å². The second-order valence-electron chi connectivity index (χ2n) is 8.31. The molecule has 1 aromatic carbocycles. The standard InChI is InChI=1S/C21H19ClF4N6O2/c22-17-12(2-1-3-13(17)23)20(4-5-20)19-28-18(34-30-19)14-10-15(21(24,25)26)32(29-14)11-16(33)31-8-6-27-7-9-31/h1-3,10,27H,4-9,11H2. The summed E-state index contributed by atoms with van der Waals surface area (Å²) in [6, 6.07) is 5.19. The summed E-state index contributed by atoms with van der Waals surface area (Å²) in [7, 11) is 0. The van der Waals surface area contributed by atoms with E-state index in [0.717, 1.165) is 6.07 Å². The number of amides is 1. The van der Waals surface area contributed by atoms with Crippen molar-refractivity contribution >= 4 is 17.5 Å². The lowest BCUT2D eigenvalue weighted by atomic mass is 9.95. The lowest BCUT2D eigenvalue weighted by molar-refractivity contribution is -0.145. The summed E-state index contributed by atoms with van der Waals surface area (Å²) in [5, 5.41) is 10.9. The maximum Gasteiger partial charge on any atom is 0.433 e. The Morgan fingerprint density at radius 3 is 2.65 bits per heavy atom. The largest absolute Gasteiger partial charge is 0.433 e. The first-order chi connectivity index (χ1) is 16.2. The number of alkyl halides is 3. The van der Waals surface area contributed by atoms with Gasteiger partial charge < -0.3 is 14.7 Å². The Balaban J connectivity index is 1.45. The number of aromatic nitrogens is 4. The van der Waals surface area contributed by atoms with E-state index in [2.05, 4.69) is 20.6 Å². The molecule has 1 amide bonds. The second kappa shape index (κ2) is 8.35. The molecule has 34 heavy (non-hydrogen) atoms. The zero-order chi connectivity index (χ0) is 24.1. The lowest BCUT2D eigenvalue weighted by Gasteiger charge is -2.27. The van der Waals surface area contributed by atoms with Crippen LogP contribution < -0.4 is 5.32 Å².